The fourth-order valence-corrected chi connectivity index (χ4v) is 5.08. The van der Waals surface area contributed by atoms with Crippen LogP contribution < -0.4 is 5.43 Å². The van der Waals surface area contributed by atoms with Crippen LogP contribution in [-0.2, 0) is 11.8 Å². The molecule has 0 radical (unpaired) electrons. The Hall–Kier alpha value is -1.35. The maximum Gasteiger partial charge on any atom is 0.220 e. The highest BCUT2D eigenvalue weighted by Crippen LogP contribution is 2.56. The van der Waals surface area contributed by atoms with Crippen molar-refractivity contribution in [2.75, 3.05) is 6.61 Å². The summed E-state index contributed by atoms with van der Waals surface area (Å²) in [5, 5.41) is 20.3. The van der Waals surface area contributed by atoms with Crippen LogP contribution in [0, 0.1) is 18.3 Å². The quantitative estimate of drug-likeness (QED) is 0.838. The fourth-order valence-electron chi connectivity index (χ4n) is 5.08. The van der Waals surface area contributed by atoms with Crippen molar-refractivity contribution in [2.45, 2.75) is 58.3 Å². The summed E-state index contributed by atoms with van der Waals surface area (Å²) in [6.45, 7) is 6.43. The Morgan fingerprint density at radius 3 is 2.68 bits per heavy atom. The van der Waals surface area contributed by atoms with Gasteiger partial charge in [0, 0.05) is 5.41 Å². The van der Waals surface area contributed by atoms with E-state index >= 15 is 0 Å². The zero-order valence-electron chi connectivity index (χ0n) is 13.8. The first-order valence-electron chi connectivity index (χ1n) is 8.30. The Bertz CT molecular complexity index is 662. The Balaban J connectivity index is 2.29. The molecule has 1 saturated carbocycles. The molecule has 3 rings (SSSR count). The zero-order chi connectivity index (χ0) is 16.1. The van der Waals surface area contributed by atoms with Gasteiger partial charge < -0.3 is 10.2 Å². The molecule has 1 aromatic carbocycles. The second kappa shape index (κ2) is 5.09. The van der Waals surface area contributed by atoms with Crippen molar-refractivity contribution >= 4 is 0 Å². The summed E-state index contributed by atoms with van der Waals surface area (Å²) in [5.41, 5.74) is 2.26. The van der Waals surface area contributed by atoms with E-state index in [4.69, 9.17) is 0 Å². The lowest BCUT2D eigenvalue weighted by atomic mass is 9.50. The third-order valence-corrected chi connectivity index (χ3v) is 6.19. The topological polar surface area (TPSA) is 57.5 Å². The number of fused-ring (bicyclic) bond motifs is 3. The predicted octanol–water partition coefficient (Wildman–Crippen LogP) is 3.06. The Morgan fingerprint density at radius 2 is 2.00 bits per heavy atom. The smallest absolute Gasteiger partial charge is 0.220 e. The summed E-state index contributed by atoms with van der Waals surface area (Å²) >= 11 is 0. The molecule has 0 saturated heterocycles. The first kappa shape index (κ1) is 15.5. The first-order valence-corrected chi connectivity index (χ1v) is 8.30. The molecule has 0 spiro atoms. The first-order chi connectivity index (χ1) is 10.3. The summed E-state index contributed by atoms with van der Waals surface area (Å²) < 4.78 is 0. The highest BCUT2D eigenvalue weighted by atomic mass is 16.3. The standard InChI is InChI=1S/C19H26O3/c1-12-9-13-5-6-16-18(2,3)7-4-8-19(16,11-20)14(13)10-15(21)17(12)22/h9-10,16,20H,4-8,11H2,1-3H3,(H,21,22)/t16-,19-/m0/s1. The van der Waals surface area contributed by atoms with Gasteiger partial charge in [-0.2, -0.15) is 0 Å². The Morgan fingerprint density at radius 1 is 1.27 bits per heavy atom. The summed E-state index contributed by atoms with van der Waals surface area (Å²) in [5.74, 6) is 0.226. The minimum absolute atomic E-state index is 0.0807. The number of rotatable bonds is 1. The Labute approximate surface area is 132 Å². The van der Waals surface area contributed by atoms with E-state index in [-0.39, 0.29) is 28.6 Å². The van der Waals surface area contributed by atoms with Gasteiger partial charge in [0.15, 0.2) is 5.75 Å². The average Bonchev–Trinajstić information content (AvgIpc) is 2.58. The molecular weight excluding hydrogens is 276 g/mol. The van der Waals surface area contributed by atoms with E-state index in [1.165, 1.54) is 6.42 Å². The lowest BCUT2D eigenvalue weighted by Gasteiger charge is -2.55. The van der Waals surface area contributed by atoms with Gasteiger partial charge in [0.2, 0.25) is 5.43 Å². The van der Waals surface area contributed by atoms with E-state index < -0.39 is 0 Å². The third kappa shape index (κ3) is 2.10. The lowest BCUT2D eigenvalue weighted by molar-refractivity contribution is -0.00503. The van der Waals surface area contributed by atoms with Crippen molar-refractivity contribution in [2.24, 2.45) is 11.3 Å². The van der Waals surface area contributed by atoms with Crippen LogP contribution in [0.5, 0.6) is 5.75 Å². The monoisotopic (exact) mass is 302 g/mol. The molecule has 2 N–H and O–H groups in total. The van der Waals surface area contributed by atoms with Gasteiger partial charge in [0.25, 0.3) is 0 Å². The molecule has 2 atom stereocenters. The molecule has 22 heavy (non-hydrogen) atoms. The van der Waals surface area contributed by atoms with E-state index in [0.29, 0.717) is 11.5 Å². The van der Waals surface area contributed by atoms with Crippen molar-refractivity contribution in [3.63, 3.8) is 0 Å². The highest BCUT2D eigenvalue weighted by molar-refractivity contribution is 5.44. The SMILES string of the molecule is Cc1cc2c(cc(=O)c1O)[C@@]1(CO)CCCC(C)(C)[C@@H]1CC2. The van der Waals surface area contributed by atoms with Gasteiger partial charge in [-0.25, -0.2) is 0 Å². The van der Waals surface area contributed by atoms with E-state index in [1.54, 1.807) is 13.0 Å². The van der Waals surface area contributed by atoms with Crippen LogP contribution in [0.2, 0.25) is 0 Å². The van der Waals surface area contributed by atoms with Gasteiger partial charge in [-0.1, -0.05) is 26.3 Å². The van der Waals surface area contributed by atoms with Crippen LogP contribution in [-0.4, -0.2) is 16.8 Å². The number of aliphatic hydroxyl groups is 1. The van der Waals surface area contributed by atoms with E-state index in [2.05, 4.69) is 13.8 Å². The number of aromatic hydroxyl groups is 1. The number of hydrogen-bond donors (Lipinski definition) is 2. The molecule has 0 heterocycles. The number of hydrogen-bond acceptors (Lipinski definition) is 3. The molecule has 2 aliphatic carbocycles. The maximum atomic E-state index is 12.3. The molecule has 1 aromatic rings. The van der Waals surface area contributed by atoms with Gasteiger partial charge >= 0.3 is 0 Å². The lowest BCUT2D eigenvalue weighted by Crippen LogP contribution is -2.51. The second-order valence-corrected chi connectivity index (χ2v) is 7.87. The van der Waals surface area contributed by atoms with Crippen LogP contribution in [0.4, 0.5) is 0 Å². The van der Waals surface area contributed by atoms with Gasteiger partial charge in [-0.05, 0) is 66.7 Å². The molecule has 0 aliphatic heterocycles. The van der Waals surface area contributed by atoms with Gasteiger partial charge in [-0.15, -0.1) is 0 Å². The van der Waals surface area contributed by atoms with E-state index in [9.17, 15) is 15.0 Å². The minimum atomic E-state index is -0.327. The largest absolute Gasteiger partial charge is 0.504 e. The number of aryl methyl sites for hydroxylation is 2. The minimum Gasteiger partial charge on any atom is -0.504 e. The summed E-state index contributed by atoms with van der Waals surface area (Å²) in [7, 11) is 0. The molecule has 3 heteroatoms. The van der Waals surface area contributed by atoms with Crippen molar-refractivity contribution in [1.82, 2.24) is 0 Å². The fraction of sp³-hybridized carbons (Fsp3) is 0.632. The molecule has 1 fully saturated rings. The molecule has 0 aromatic heterocycles. The molecule has 2 aliphatic rings. The van der Waals surface area contributed by atoms with Crippen LogP contribution >= 0.6 is 0 Å². The Kier molecular flexibility index (Phi) is 3.59. The van der Waals surface area contributed by atoms with Gasteiger partial charge in [0.05, 0.1) is 6.61 Å². The van der Waals surface area contributed by atoms with Gasteiger partial charge in [-0.3, -0.25) is 4.79 Å². The molecule has 0 bridgehead atoms. The van der Waals surface area contributed by atoms with Crippen LogP contribution in [0.15, 0.2) is 16.9 Å². The molecule has 3 nitrogen and oxygen atoms in total. The summed E-state index contributed by atoms with van der Waals surface area (Å²) in [6.07, 6.45) is 5.12. The normalized spacial score (nSPS) is 29.5. The summed E-state index contributed by atoms with van der Waals surface area (Å²) in [4.78, 5) is 12.3. The zero-order valence-corrected chi connectivity index (χ0v) is 13.8. The maximum absolute atomic E-state index is 12.3. The van der Waals surface area contributed by atoms with Crippen LogP contribution in [0.25, 0.3) is 0 Å². The second-order valence-electron chi connectivity index (χ2n) is 7.87. The van der Waals surface area contributed by atoms with Crippen LogP contribution in [0.3, 0.4) is 0 Å². The van der Waals surface area contributed by atoms with E-state index in [1.807, 2.05) is 6.07 Å². The number of aliphatic hydroxyl groups excluding tert-OH is 1. The summed E-state index contributed by atoms with van der Waals surface area (Å²) in [6, 6.07) is 3.54. The molecule has 120 valence electrons. The van der Waals surface area contributed by atoms with Crippen LogP contribution in [0.1, 0.15) is 56.2 Å². The van der Waals surface area contributed by atoms with Crippen molar-refractivity contribution in [3.8, 4) is 5.75 Å². The molecule has 0 amide bonds. The van der Waals surface area contributed by atoms with Crippen molar-refractivity contribution in [3.05, 3.63) is 39.0 Å². The third-order valence-electron chi connectivity index (χ3n) is 6.19. The van der Waals surface area contributed by atoms with Gasteiger partial charge in [0.1, 0.15) is 0 Å². The average molecular weight is 302 g/mol. The molecular formula is C19H26O3. The predicted molar refractivity (Wildman–Crippen MR) is 87.3 cm³/mol. The van der Waals surface area contributed by atoms with E-state index in [0.717, 1.165) is 36.8 Å². The van der Waals surface area contributed by atoms with Crippen molar-refractivity contribution in [1.29, 1.82) is 0 Å². The van der Waals surface area contributed by atoms with Crippen molar-refractivity contribution < 1.29 is 10.2 Å². The molecule has 0 unspecified atom stereocenters. The highest BCUT2D eigenvalue weighted by Gasteiger charge is 2.52.